The van der Waals surface area contributed by atoms with Crippen molar-refractivity contribution in [3.8, 4) is 0 Å². The van der Waals surface area contributed by atoms with Gasteiger partial charge in [-0.3, -0.25) is 4.79 Å². The zero-order chi connectivity index (χ0) is 9.78. The smallest absolute Gasteiger partial charge is 0.166 e. The Balaban J connectivity index is 4.30. The van der Waals surface area contributed by atoms with Crippen molar-refractivity contribution in [2.24, 2.45) is 5.41 Å². The predicted molar refractivity (Wildman–Crippen MR) is 49.8 cm³/mol. The first-order valence-electron chi connectivity index (χ1n) is 4.22. The molecule has 2 heteroatoms. The van der Waals surface area contributed by atoms with E-state index in [-0.39, 0.29) is 11.2 Å². The maximum Gasteiger partial charge on any atom is 0.166 e. The maximum absolute atomic E-state index is 11.5. The van der Waals surface area contributed by atoms with Gasteiger partial charge in [0.05, 0.1) is 12.9 Å². The van der Waals surface area contributed by atoms with Crippen molar-refractivity contribution >= 4 is 5.78 Å². The topological polar surface area (TPSA) is 26.3 Å². The molecule has 12 heavy (non-hydrogen) atoms. The minimum atomic E-state index is -0.308. The lowest BCUT2D eigenvalue weighted by molar-refractivity contribution is -0.122. The fourth-order valence-corrected chi connectivity index (χ4v) is 0.853. The van der Waals surface area contributed by atoms with Gasteiger partial charge in [0, 0.05) is 11.0 Å². The molecule has 70 valence electrons. The Morgan fingerprint density at radius 1 is 1.42 bits per heavy atom. The molecule has 0 heterocycles. The molecule has 0 aromatic rings. The van der Waals surface area contributed by atoms with E-state index in [4.69, 9.17) is 4.74 Å². The third-order valence-electron chi connectivity index (χ3n) is 1.47. The highest BCUT2D eigenvalue weighted by Crippen LogP contribution is 2.19. The van der Waals surface area contributed by atoms with Gasteiger partial charge >= 0.3 is 0 Å². The standard InChI is InChI=1S/C10H18O2/c1-6-12-7-8(2)9(11)10(3,4)5/h7H,6H2,1-5H3/b8-7+. The third-order valence-corrected chi connectivity index (χ3v) is 1.47. The summed E-state index contributed by atoms with van der Waals surface area (Å²) < 4.78 is 5.03. The number of hydrogen-bond acceptors (Lipinski definition) is 2. The minimum Gasteiger partial charge on any atom is -0.501 e. The van der Waals surface area contributed by atoms with Crippen LogP contribution in [0, 0.1) is 5.41 Å². The summed E-state index contributed by atoms with van der Waals surface area (Å²) >= 11 is 0. The number of carbonyl (C=O) groups is 1. The number of allylic oxidation sites excluding steroid dienone is 1. The quantitative estimate of drug-likeness (QED) is 0.480. The second-order valence-corrected chi connectivity index (χ2v) is 3.84. The number of hydrogen-bond donors (Lipinski definition) is 0. The molecular weight excluding hydrogens is 152 g/mol. The predicted octanol–water partition coefficient (Wildman–Crippen LogP) is 2.54. The molecule has 0 rings (SSSR count). The van der Waals surface area contributed by atoms with Crippen molar-refractivity contribution in [1.29, 1.82) is 0 Å². The molecular formula is C10H18O2. The summed E-state index contributed by atoms with van der Waals surface area (Å²) in [6.45, 7) is 9.99. The number of ketones is 1. The lowest BCUT2D eigenvalue weighted by Crippen LogP contribution is -2.20. The Morgan fingerprint density at radius 2 is 1.92 bits per heavy atom. The normalized spacial score (nSPS) is 12.9. The zero-order valence-electron chi connectivity index (χ0n) is 8.60. The molecule has 0 spiro atoms. The van der Waals surface area contributed by atoms with Crippen LogP contribution in [-0.2, 0) is 9.53 Å². The lowest BCUT2D eigenvalue weighted by Gasteiger charge is -2.16. The van der Waals surface area contributed by atoms with Crippen molar-refractivity contribution in [1.82, 2.24) is 0 Å². The van der Waals surface area contributed by atoms with E-state index in [0.29, 0.717) is 12.2 Å². The van der Waals surface area contributed by atoms with E-state index in [9.17, 15) is 4.79 Å². The molecule has 0 amide bonds. The van der Waals surface area contributed by atoms with Crippen LogP contribution < -0.4 is 0 Å². The molecule has 0 aliphatic rings. The molecule has 2 nitrogen and oxygen atoms in total. The number of Topliss-reactive ketones (excluding diaryl/α,β-unsaturated/α-hetero) is 1. The van der Waals surface area contributed by atoms with Gasteiger partial charge in [-0.15, -0.1) is 0 Å². The average Bonchev–Trinajstić information content (AvgIpc) is 1.97. The van der Waals surface area contributed by atoms with Crippen LogP contribution in [0.3, 0.4) is 0 Å². The van der Waals surface area contributed by atoms with E-state index in [1.165, 1.54) is 6.26 Å². The largest absolute Gasteiger partial charge is 0.501 e. The molecule has 0 aromatic heterocycles. The first kappa shape index (κ1) is 11.2. The van der Waals surface area contributed by atoms with Crippen LogP contribution in [0.4, 0.5) is 0 Å². The van der Waals surface area contributed by atoms with Crippen molar-refractivity contribution in [2.45, 2.75) is 34.6 Å². The van der Waals surface area contributed by atoms with E-state index in [1.807, 2.05) is 27.7 Å². The van der Waals surface area contributed by atoms with Crippen LogP contribution in [0.1, 0.15) is 34.6 Å². The number of ether oxygens (including phenoxy) is 1. The highest BCUT2D eigenvalue weighted by atomic mass is 16.5. The summed E-state index contributed by atoms with van der Waals surface area (Å²) in [5.41, 5.74) is 0.377. The Kier molecular flexibility index (Phi) is 4.01. The first-order valence-corrected chi connectivity index (χ1v) is 4.22. The Labute approximate surface area is 74.6 Å². The van der Waals surface area contributed by atoms with Gasteiger partial charge in [0.15, 0.2) is 5.78 Å². The van der Waals surface area contributed by atoms with Gasteiger partial charge in [-0.05, 0) is 13.8 Å². The average molecular weight is 170 g/mol. The van der Waals surface area contributed by atoms with Crippen molar-refractivity contribution < 1.29 is 9.53 Å². The molecule has 0 bridgehead atoms. The van der Waals surface area contributed by atoms with Crippen LogP contribution in [0.2, 0.25) is 0 Å². The van der Waals surface area contributed by atoms with Gasteiger partial charge < -0.3 is 4.74 Å². The summed E-state index contributed by atoms with van der Waals surface area (Å²) in [6.07, 6.45) is 1.54. The molecule has 0 fully saturated rings. The minimum absolute atomic E-state index is 0.135. The second-order valence-electron chi connectivity index (χ2n) is 3.84. The van der Waals surface area contributed by atoms with Gasteiger partial charge in [0.2, 0.25) is 0 Å². The van der Waals surface area contributed by atoms with Gasteiger partial charge in [-0.25, -0.2) is 0 Å². The summed E-state index contributed by atoms with van der Waals surface area (Å²) in [7, 11) is 0. The van der Waals surface area contributed by atoms with Gasteiger partial charge in [0.25, 0.3) is 0 Å². The second kappa shape index (κ2) is 4.29. The van der Waals surface area contributed by atoms with E-state index in [1.54, 1.807) is 6.92 Å². The van der Waals surface area contributed by atoms with Crippen molar-refractivity contribution in [3.63, 3.8) is 0 Å². The number of carbonyl (C=O) groups excluding carboxylic acids is 1. The zero-order valence-corrected chi connectivity index (χ0v) is 8.60. The number of rotatable bonds is 3. The fraction of sp³-hybridized carbons (Fsp3) is 0.700. The van der Waals surface area contributed by atoms with E-state index >= 15 is 0 Å². The molecule has 0 atom stereocenters. The molecule has 0 aliphatic heterocycles. The molecule has 0 aromatic carbocycles. The molecule has 0 radical (unpaired) electrons. The molecule has 0 aliphatic carbocycles. The summed E-state index contributed by atoms with van der Waals surface area (Å²) in [4.78, 5) is 11.5. The van der Waals surface area contributed by atoms with Gasteiger partial charge in [-0.2, -0.15) is 0 Å². The van der Waals surface area contributed by atoms with E-state index in [2.05, 4.69) is 0 Å². The van der Waals surface area contributed by atoms with Crippen LogP contribution in [0.15, 0.2) is 11.8 Å². The monoisotopic (exact) mass is 170 g/mol. The fourth-order valence-electron chi connectivity index (χ4n) is 0.853. The lowest BCUT2D eigenvalue weighted by atomic mass is 9.87. The van der Waals surface area contributed by atoms with Crippen molar-refractivity contribution in [3.05, 3.63) is 11.8 Å². The third kappa shape index (κ3) is 3.56. The molecule has 0 saturated carbocycles. The van der Waals surface area contributed by atoms with E-state index in [0.717, 1.165) is 0 Å². The van der Waals surface area contributed by atoms with Crippen LogP contribution >= 0.6 is 0 Å². The summed E-state index contributed by atoms with van der Waals surface area (Å²) in [5.74, 6) is 0.135. The molecule has 0 saturated heterocycles. The highest BCUT2D eigenvalue weighted by Gasteiger charge is 2.22. The molecule has 0 N–H and O–H groups in total. The van der Waals surface area contributed by atoms with Gasteiger partial charge in [0.1, 0.15) is 0 Å². The summed E-state index contributed by atoms with van der Waals surface area (Å²) in [6, 6.07) is 0. The molecule has 0 unspecified atom stereocenters. The van der Waals surface area contributed by atoms with E-state index < -0.39 is 0 Å². The first-order chi connectivity index (χ1) is 5.39. The maximum atomic E-state index is 11.5. The van der Waals surface area contributed by atoms with Gasteiger partial charge in [-0.1, -0.05) is 20.8 Å². The Bertz CT molecular complexity index is 185. The highest BCUT2D eigenvalue weighted by molar-refractivity contribution is 5.98. The van der Waals surface area contributed by atoms with Crippen LogP contribution in [0.25, 0.3) is 0 Å². The Morgan fingerprint density at radius 3 is 2.25 bits per heavy atom. The summed E-state index contributed by atoms with van der Waals surface area (Å²) in [5, 5.41) is 0. The van der Waals surface area contributed by atoms with Crippen LogP contribution in [0.5, 0.6) is 0 Å². The SMILES string of the molecule is CCO/C=C(\C)C(=O)C(C)(C)C. The van der Waals surface area contributed by atoms with Crippen molar-refractivity contribution in [2.75, 3.05) is 6.61 Å². The Hall–Kier alpha value is -0.790. The van der Waals surface area contributed by atoms with Crippen LogP contribution in [-0.4, -0.2) is 12.4 Å².